The van der Waals surface area contributed by atoms with E-state index in [0.29, 0.717) is 21.9 Å². The maximum atomic E-state index is 12.3. The van der Waals surface area contributed by atoms with Crippen molar-refractivity contribution in [2.24, 2.45) is 0 Å². The average Bonchev–Trinajstić information content (AvgIpc) is 3.37. The van der Waals surface area contributed by atoms with E-state index in [2.05, 4.69) is 36.5 Å². The lowest BCUT2D eigenvalue weighted by Gasteiger charge is -2.08. The number of H-pyrrole nitrogens is 1. The molecule has 0 aliphatic carbocycles. The summed E-state index contributed by atoms with van der Waals surface area (Å²) < 4.78 is 16.0. The fraction of sp³-hybridized carbons (Fsp3) is 0.111. The minimum absolute atomic E-state index is 0.00989. The van der Waals surface area contributed by atoms with Crippen molar-refractivity contribution in [1.82, 2.24) is 9.97 Å². The van der Waals surface area contributed by atoms with Crippen molar-refractivity contribution in [3.8, 4) is 11.5 Å². The molecule has 0 saturated heterocycles. The molecule has 160 valence electrons. The average molecular weight is 508 g/mol. The van der Waals surface area contributed by atoms with Crippen molar-refractivity contribution in [2.45, 2.75) is 5.16 Å². The summed E-state index contributed by atoms with van der Waals surface area (Å²) in [5.41, 5.74) is 5.47. The third kappa shape index (κ3) is 4.83. The van der Waals surface area contributed by atoms with Crippen molar-refractivity contribution in [3.63, 3.8) is 0 Å². The van der Waals surface area contributed by atoms with Crippen LogP contribution in [0.2, 0.25) is 0 Å². The molecule has 3 aromatic rings. The maximum absolute atomic E-state index is 12.3. The van der Waals surface area contributed by atoms with E-state index < -0.39 is 11.5 Å². The van der Waals surface area contributed by atoms with Gasteiger partial charge >= 0.3 is 0 Å². The summed E-state index contributed by atoms with van der Waals surface area (Å²) in [6, 6.07) is 8.00. The SMILES string of the molecule is Nc1nc(SCC(=O)Nc2ccc3c(c2)OCO3)[nH]c(=O)c1NC(=O)c1ccc(Br)o1. The van der Waals surface area contributed by atoms with Crippen LogP contribution in [0.1, 0.15) is 10.6 Å². The van der Waals surface area contributed by atoms with Gasteiger partial charge < -0.3 is 30.3 Å². The van der Waals surface area contributed by atoms with Gasteiger partial charge in [0.05, 0.1) is 5.75 Å². The Morgan fingerprint density at radius 1 is 1.19 bits per heavy atom. The Balaban J connectivity index is 1.37. The van der Waals surface area contributed by atoms with E-state index in [-0.39, 0.29) is 40.9 Å². The van der Waals surface area contributed by atoms with Crippen LogP contribution in [-0.2, 0) is 4.79 Å². The first-order valence-corrected chi connectivity index (χ1v) is 10.5. The molecule has 2 amide bonds. The van der Waals surface area contributed by atoms with Gasteiger partial charge in [-0.3, -0.25) is 19.4 Å². The van der Waals surface area contributed by atoms with Crippen LogP contribution >= 0.6 is 27.7 Å². The third-order valence-electron chi connectivity index (χ3n) is 3.96. The highest BCUT2D eigenvalue weighted by atomic mass is 79.9. The third-order valence-corrected chi connectivity index (χ3v) is 5.26. The topological polar surface area (TPSA) is 162 Å². The standard InChI is InChI=1S/C18H14BrN5O6S/c19-12-4-3-10(30-12)16(26)22-14-15(20)23-18(24-17(14)27)31-6-13(25)21-8-1-2-9-11(5-8)29-7-28-9/h1-5H,6-7H2,(H,21,25)(H,22,26)(H3,20,23,24,27). The highest BCUT2D eigenvalue weighted by molar-refractivity contribution is 9.10. The molecule has 3 heterocycles. The summed E-state index contributed by atoms with van der Waals surface area (Å²) in [6.45, 7) is 0.137. The summed E-state index contributed by atoms with van der Waals surface area (Å²) in [5, 5.41) is 5.20. The first kappa shape index (κ1) is 20.8. The first-order valence-electron chi connectivity index (χ1n) is 8.68. The van der Waals surface area contributed by atoms with Crippen molar-refractivity contribution in [3.05, 3.63) is 51.1 Å². The van der Waals surface area contributed by atoms with Crippen LogP contribution in [0.25, 0.3) is 0 Å². The number of nitrogens with zero attached hydrogens (tertiary/aromatic N) is 1. The van der Waals surface area contributed by atoms with E-state index in [1.54, 1.807) is 18.2 Å². The van der Waals surface area contributed by atoms with Crippen LogP contribution in [0.3, 0.4) is 0 Å². The molecule has 0 unspecified atom stereocenters. The fourth-order valence-corrected chi connectivity index (χ4v) is 3.55. The second kappa shape index (κ2) is 8.73. The smallest absolute Gasteiger partial charge is 0.291 e. The number of rotatable bonds is 6. The molecule has 2 aromatic heterocycles. The number of ether oxygens (including phenoxy) is 2. The highest BCUT2D eigenvalue weighted by Crippen LogP contribution is 2.34. The number of thioether (sulfide) groups is 1. The monoisotopic (exact) mass is 507 g/mol. The van der Waals surface area contributed by atoms with Gasteiger partial charge in [0.25, 0.3) is 11.5 Å². The van der Waals surface area contributed by atoms with Gasteiger partial charge in [0.1, 0.15) is 0 Å². The molecule has 31 heavy (non-hydrogen) atoms. The Kier molecular flexibility index (Phi) is 5.86. The summed E-state index contributed by atoms with van der Waals surface area (Å²) in [5.74, 6) is -0.0757. The molecule has 1 aliphatic rings. The molecular weight excluding hydrogens is 494 g/mol. The number of nitrogen functional groups attached to an aromatic ring is 1. The van der Waals surface area contributed by atoms with Gasteiger partial charge in [-0.15, -0.1) is 0 Å². The minimum atomic E-state index is -0.662. The van der Waals surface area contributed by atoms with Gasteiger partial charge in [-0.05, 0) is 40.2 Å². The molecule has 0 fully saturated rings. The lowest BCUT2D eigenvalue weighted by atomic mass is 10.3. The minimum Gasteiger partial charge on any atom is -0.454 e. The number of aromatic nitrogens is 2. The number of anilines is 3. The summed E-state index contributed by atoms with van der Waals surface area (Å²) in [4.78, 5) is 43.2. The van der Waals surface area contributed by atoms with Crippen molar-refractivity contribution in [2.75, 3.05) is 28.9 Å². The molecule has 0 atom stereocenters. The van der Waals surface area contributed by atoms with Crippen LogP contribution in [0, 0.1) is 0 Å². The van der Waals surface area contributed by atoms with Gasteiger partial charge in [-0.2, -0.15) is 0 Å². The van der Waals surface area contributed by atoms with Gasteiger partial charge in [0, 0.05) is 11.8 Å². The zero-order valence-corrected chi connectivity index (χ0v) is 18.0. The van der Waals surface area contributed by atoms with Crippen LogP contribution in [0.5, 0.6) is 11.5 Å². The summed E-state index contributed by atoms with van der Waals surface area (Å²) in [7, 11) is 0. The molecule has 0 saturated carbocycles. The molecule has 0 radical (unpaired) electrons. The van der Waals surface area contributed by atoms with Gasteiger partial charge in [-0.1, -0.05) is 11.8 Å². The lowest BCUT2D eigenvalue weighted by molar-refractivity contribution is -0.113. The van der Waals surface area contributed by atoms with Crippen molar-refractivity contribution in [1.29, 1.82) is 0 Å². The number of aromatic amines is 1. The van der Waals surface area contributed by atoms with E-state index in [9.17, 15) is 14.4 Å². The predicted octanol–water partition coefficient (Wildman–Crippen LogP) is 2.42. The van der Waals surface area contributed by atoms with Crippen LogP contribution in [0.4, 0.5) is 17.2 Å². The number of carbonyl (C=O) groups is 2. The van der Waals surface area contributed by atoms with E-state index in [1.807, 2.05) is 0 Å². The summed E-state index contributed by atoms with van der Waals surface area (Å²) >= 11 is 4.07. The van der Waals surface area contributed by atoms with Gasteiger partial charge in [0.15, 0.2) is 38.6 Å². The molecule has 0 spiro atoms. The van der Waals surface area contributed by atoms with Gasteiger partial charge in [0.2, 0.25) is 12.7 Å². The zero-order valence-electron chi connectivity index (χ0n) is 15.6. The van der Waals surface area contributed by atoms with E-state index >= 15 is 0 Å². The number of furan rings is 1. The highest BCUT2D eigenvalue weighted by Gasteiger charge is 2.18. The Hall–Kier alpha value is -3.45. The number of nitrogens with two attached hydrogens (primary N) is 1. The number of carbonyl (C=O) groups excluding carboxylic acids is 2. The Morgan fingerprint density at radius 2 is 2.00 bits per heavy atom. The number of nitrogens with one attached hydrogen (secondary N) is 3. The van der Waals surface area contributed by atoms with Crippen LogP contribution in [0.15, 0.2) is 49.4 Å². The van der Waals surface area contributed by atoms with Gasteiger partial charge in [-0.25, -0.2) is 4.98 Å². The molecule has 13 heteroatoms. The van der Waals surface area contributed by atoms with E-state index in [0.717, 1.165) is 11.8 Å². The van der Waals surface area contributed by atoms with Crippen molar-refractivity contribution >= 4 is 56.7 Å². The second-order valence-corrected chi connectivity index (χ2v) is 7.84. The molecule has 1 aliphatic heterocycles. The number of amides is 2. The number of hydrogen-bond acceptors (Lipinski definition) is 9. The molecular formula is C18H14BrN5O6S. The lowest BCUT2D eigenvalue weighted by Crippen LogP contribution is -2.23. The fourth-order valence-electron chi connectivity index (χ4n) is 2.58. The van der Waals surface area contributed by atoms with Crippen molar-refractivity contribution < 1.29 is 23.5 Å². The molecule has 0 bridgehead atoms. The number of halogens is 1. The largest absolute Gasteiger partial charge is 0.454 e. The zero-order chi connectivity index (χ0) is 22.0. The molecule has 1 aromatic carbocycles. The van der Waals surface area contributed by atoms with E-state index in [4.69, 9.17) is 19.6 Å². The Labute approximate surface area is 186 Å². The molecule has 5 N–H and O–H groups in total. The predicted molar refractivity (Wildman–Crippen MR) is 116 cm³/mol. The second-order valence-electron chi connectivity index (χ2n) is 6.09. The van der Waals surface area contributed by atoms with E-state index in [1.165, 1.54) is 12.1 Å². The van der Waals surface area contributed by atoms with Crippen LogP contribution in [-0.4, -0.2) is 34.3 Å². The molecule has 11 nitrogen and oxygen atoms in total. The quantitative estimate of drug-likeness (QED) is 0.289. The number of fused-ring (bicyclic) bond motifs is 1. The Morgan fingerprint density at radius 3 is 2.74 bits per heavy atom. The number of hydrogen-bond donors (Lipinski definition) is 4. The maximum Gasteiger partial charge on any atom is 0.291 e. The molecule has 4 rings (SSSR count). The number of benzene rings is 1. The Bertz CT molecular complexity index is 1230. The normalized spacial score (nSPS) is 11.9. The summed E-state index contributed by atoms with van der Waals surface area (Å²) in [6.07, 6.45) is 0. The van der Waals surface area contributed by atoms with Crippen LogP contribution < -0.4 is 31.4 Å². The first-order chi connectivity index (χ1) is 14.9.